The molecule has 0 aliphatic heterocycles. The quantitative estimate of drug-likeness (QED) is 0.627. The number of carboxylic acid groups (broad SMARTS) is 1. The Morgan fingerprint density at radius 2 is 1.71 bits per heavy atom. The molecule has 0 fully saturated rings. The minimum atomic E-state index is -3.48. The topological polar surface area (TPSA) is 116 Å². The summed E-state index contributed by atoms with van der Waals surface area (Å²) in [4.78, 5) is 21.7. The Morgan fingerprint density at radius 1 is 1.14 bits per heavy atom. The van der Waals surface area contributed by atoms with Gasteiger partial charge in [0.25, 0.3) is 0 Å². The summed E-state index contributed by atoms with van der Waals surface area (Å²) in [7, 11) is -0.605. The highest BCUT2D eigenvalue weighted by Crippen LogP contribution is 2.16. The van der Waals surface area contributed by atoms with Gasteiger partial charge in [-0.15, -0.1) is 0 Å². The van der Waals surface area contributed by atoms with Crippen LogP contribution in [0.3, 0.4) is 0 Å². The third-order valence-corrected chi connectivity index (χ3v) is 4.35. The van der Waals surface area contributed by atoms with Crippen molar-refractivity contribution >= 4 is 27.6 Å². The molecule has 21 heavy (non-hydrogen) atoms. The number of rotatable bonds is 7. The van der Waals surface area contributed by atoms with Gasteiger partial charge in [-0.05, 0) is 24.3 Å². The van der Waals surface area contributed by atoms with Crippen LogP contribution in [0.1, 0.15) is 0 Å². The maximum Gasteiger partial charge on any atom is 0.322 e. The molecule has 0 atom stereocenters. The van der Waals surface area contributed by atoms with Gasteiger partial charge in [0.1, 0.15) is 6.54 Å². The van der Waals surface area contributed by atoms with Crippen molar-refractivity contribution < 1.29 is 23.1 Å². The van der Waals surface area contributed by atoms with Crippen LogP contribution >= 0.6 is 0 Å². The van der Waals surface area contributed by atoms with E-state index in [1.165, 1.54) is 38.4 Å². The molecule has 0 heterocycles. The minimum absolute atomic E-state index is 0.104. The van der Waals surface area contributed by atoms with E-state index in [0.717, 1.165) is 4.31 Å². The summed E-state index contributed by atoms with van der Waals surface area (Å²) >= 11 is 0. The largest absolute Gasteiger partial charge is 0.480 e. The molecule has 8 nitrogen and oxygen atoms in total. The van der Waals surface area contributed by atoms with Gasteiger partial charge in [-0.3, -0.25) is 9.59 Å². The molecule has 0 bridgehead atoms. The highest BCUT2D eigenvalue weighted by Gasteiger charge is 2.16. The predicted octanol–water partition coefficient (Wildman–Crippen LogP) is -0.450. The fourth-order valence-corrected chi connectivity index (χ4v) is 2.28. The lowest BCUT2D eigenvalue weighted by atomic mass is 10.3. The molecule has 0 unspecified atom stereocenters. The van der Waals surface area contributed by atoms with Crippen LogP contribution in [-0.2, 0) is 19.6 Å². The van der Waals surface area contributed by atoms with Crippen molar-refractivity contribution in [1.29, 1.82) is 0 Å². The highest BCUT2D eigenvalue weighted by atomic mass is 32.2. The van der Waals surface area contributed by atoms with Crippen molar-refractivity contribution in [3.8, 4) is 0 Å². The molecule has 0 spiro atoms. The number of nitrogens with one attached hydrogen (secondary N) is 2. The van der Waals surface area contributed by atoms with Gasteiger partial charge in [-0.1, -0.05) is 0 Å². The van der Waals surface area contributed by atoms with Crippen LogP contribution in [0.15, 0.2) is 29.2 Å². The Kier molecular flexibility index (Phi) is 5.68. The molecule has 0 aliphatic carbocycles. The van der Waals surface area contributed by atoms with Crippen LogP contribution in [0, 0.1) is 0 Å². The molecule has 1 rings (SSSR count). The van der Waals surface area contributed by atoms with Crippen molar-refractivity contribution in [3.05, 3.63) is 24.3 Å². The van der Waals surface area contributed by atoms with E-state index in [4.69, 9.17) is 5.11 Å². The minimum Gasteiger partial charge on any atom is -0.480 e. The van der Waals surface area contributed by atoms with Crippen molar-refractivity contribution in [2.45, 2.75) is 4.90 Å². The zero-order chi connectivity index (χ0) is 16.0. The van der Waals surface area contributed by atoms with E-state index in [-0.39, 0.29) is 11.4 Å². The number of hydrogen-bond acceptors (Lipinski definition) is 5. The fourth-order valence-electron chi connectivity index (χ4n) is 1.37. The van der Waals surface area contributed by atoms with Gasteiger partial charge >= 0.3 is 5.97 Å². The van der Waals surface area contributed by atoms with E-state index in [9.17, 15) is 18.0 Å². The van der Waals surface area contributed by atoms with E-state index in [0.29, 0.717) is 5.69 Å². The summed E-state index contributed by atoms with van der Waals surface area (Å²) in [5.74, 6) is -1.59. The zero-order valence-corrected chi connectivity index (χ0v) is 12.5. The summed E-state index contributed by atoms with van der Waals surface area (Å²) in [5, 5.41) is 13.4. The molecule has 0 saturated heterocycles. The number of carbonyl (C=O) groups is 2. The van der Waals surface area contributed by atoms with Gasteiger partial charge in [-0.25, -0.2) is 12.7 Å². The van der Waals surface area contributed by atoms with Crippen LogP contribution in [0.25, 0.3) is 0 Å². The molecule has 3 N–H and O–H groups in total. The van der Waals surface area contributed by atoms with Crippen molar-refractivity contribution in [1.82, 2.24) is 9.62 Å². The Balaban J connectivity index is 2.60. The summed E-state index contributed by atoms with van der Waals surface area (Å²) in [6.45, 7) is -0.548. The number of sulfonamides is 1. The standard InChI is InChI=1S/C12H17N3O5S/c1-15(2)21(19,20)10-5-3-9(4-6-10)13-7-11(16)14-8-12(17)18/h3-6,13H,7-8H2,1-2H3,(H,14,16)(H,17,18). The normalized spacial score (nSPS) is 11.2. The van der Waals surface area contributed by atoms with Gasteiger partial charge in [-0.2, -0.15) is 0 Å². The second-order valence-corrected chi connectivity index (χ2v) is 6.49. The van der Waals surface area contributed by atoms with Crippen molar-refractivity contribution in [3.63, 3.8) is 0 Å². The number of benzene rings is 1. The maximum absolute atomic E-state index is 11.8. The number of carbonyl (C=O) groups excluding carboxylic acids is 1. The molecule has 1 aromatic carbocycles. The van der Waals surface area contributed by atoms with Crippen LogP contribution in [0.4, 0.5) is 5.69 Å². The third kappa shape index (κ3) is 5.04. The van der Waals surface area contributed by atoms with Crippen LogP contribution in [-0.4, -0.2) is 56.9 Å². The lowest BCUT2D eigenvalue weighted by molar-refractivity contribution is -0.137. The monoisotopic (exact) mass is 315 g/mol. The van der Waals surface area contributed by atoms with Crippen molar-refractivity contribution in [2.24, 2.45) is 0 Å². The molecule has 1 aromatic rings. The van der Waals surface area contributed by atoms with Gasteiger partial charge in [0.05, 0.1) is 11.4 Å². The molecule has 0 aromatic heterocycles. The SMILES string of the molecule is CN(C)S(=O)(=O)c1ccc(NCC(=O)NCC(=O)O)cc1. The predicted molar refractivity (Wildman–Crippen MR) is 76.5 cm³/mol. The molecule has 116 valence electrons. The Labute approximate surface area is 122 Å². The first kappa shape index (κ1) is 16.9. The molecule has 0 saturated carbocycles. The van der Waals surface area contributed by atoms with Crippen LogP contribution in [0.2, 0.25) is 0 Å². The first-order valence-corrected chi connectivity index (χ1v) is 7.42. The van der Waals surface area contributed by atoms with E-state index >= 15 is 0 Å². The van der Waals surface area contributed by atoms with Gasteiger partial charge in [0.15, 0.2) is 0 Å². The number of aliphatic carboxylic acids is 1. The fraction of sp³-hybridized carbons (Fsp3) is 0.333. The first-order chi connectivity index (χ1) is 9.73. The number of nitrogens with zero attached hydrogens (tertiary/aromatic N) is 1. The molecule has 1 amide bonds. The summed E-state index contributed by atoms with van der Waals surface area (Å²) in [5.41, 5.74) is 0.554. The highest BCUT2D eigenvalue weighted by molar-refractivity contribution is 7.89. The third-order valence-electron chi connectivity index (χ3n) is 2.52. The molecule has 9 heteroatoms. The van der Waals surface area contributed by atoms with Crippen LogP contribution in [0.5, 0.6) is 0 Å². The van der Waals surface area contributed by atoms with E-state index in [2.05, 4.69) is 10.6 Å². The lowest BCUT2D eigenvalue weighted by Gasteiger charge is -2.12. The van der Waals surface area contributed by atoms with Gasteiger partial charge < -0.3 is 15.7 Å². The van der Waals surface area contributed by atoms with E-state index in [1.807, 2.05) is 0 Å². The number of carboxylic acids is 1. The number of hydrogen-bond donors (Lipinski definition) is 3. The molecule has 0 aliphatic rings. The van der Waals surface area contributed by atoms with E-state index < -0.39 is 28.4 Å². The second-order valence-electron chi connectivity index (χ2n) is 4.34. The molecular formula is C12H17N3O5S. The second kappa shape index (κ2) is 7.04. The van der Waals surface area contributed by atoms with E-state index in [1.54, 1.807) is 0 Å². The number of anilines is 1. The molecular weight excluding hydrogens is 298 g/mol. The first-order valence-electron chi connectivity index (χ1n) is 5.98. The zero-order valence-electron chi connectivity index (χ0n) is 11.7. The Morgan fingerprint density at radius 3 is 2.19 bits per heavy atom. The summed E-state index contributed by atoms with van der Waals surface area (Å²) in [6.07, 6.45) is 0. The number of amides is 1. The van der Waals surface area contributed by atoms with Gasteiger partial charge in [0.2, 0.25) is 15.9 Å². The van der Waals surface area contributed by atoms with Gasteiger partial charge in [0, 0.05) is 19.8 Å². The van der Waals surface area contributed by atoms with Crippen molar-refractivity contribution in [2.75, 3.05) is 32.5 Å². The van der Waals surface area contributed by atoms with Crippen LogP contribution < -0.4 is 10.6 Å². The Hall–Kier alpha value is -2.13. The smallest absolute Gasteiger partial charge is 0.322 e. The molecule has 0 radical (unpaired) electrons. The Bertz CT molecular complexity index is 610. The average Bonchev–Trinajstić information content (AvgIpc) is 2.43. The maximum atomic E-state index is 11.8. The summed E-state index contributed by atoms with van der Waals surface area (Å²) < 4.78 is 24.8. The average molecular weight is 315 g/mol. The summed E-state index contributed by atoms with van der Waals surface area (Å²) in [6, 6.07) is 5.90. The lowest BCUT2D eigenvalue weighted by Crippen LogP contribution is -2.33.